The Hall–Kier alpha value is -3.12. The number of aliphatic hydroxyl groups is 1. The highest BCUT2D eigenvalue weighted by Gasteiger charge is 2.45. The topological polar surface area (TPSA) is 94.9 Å². The van der Waals surface area contributed by atoms with Gasteiger partial charge >= 0.3 is 5.97 Å². The Balaban J connectivity index is 2.13. The Morgan fingerprint density at radius 1 is 1.00 bits per heavy atom. The van der Waals surface area contributed by atoms with Crippen molar-refractivity contribution < 1.29 is 24.6 Å². The lowest BCUT2D eigenvalue weighted by Gasteiger charge is -2.24. The molecule has 27 heavy (non-hydrogen) atoms. The van der Waals surface area contributed by atoms with Gasteiger partial charge in [0.1, 0.15) is 5.76 Å². The minimum atomic E-state index is -1.08. The SMILES string of the molecule is O=C(O)CCN1C(=O)C(=O)/C(=C(/O)c2ccc(Cl)cc2)[C@H]1c1ccccc1. The molecule has 7 heteroatoms. The molecule has 0 unspecified atom stereocenters. The van der Waals surface area contributed by atoms with E-state index in [1.807, 2.05) is 0 Å². The number of carbonyl (C=O) groups excluding carboxylic acids is 2. The molecule has 0 aliphatic carbocycles. The maximum Gasteiger partial charge on any atom is 0.305 e. The molecule has 1 heterocycles. The third-order valence-corrected chi connectivity index (χ3v) is 4.59. The smallest absolute Gasteiger partial charge is 0.305 e. The maximum atomic E-state index is 12.6. The van der Waals surface area contributed by atoms with E-state index in [9.17, 15) is 19.5 Å². The third-order valence-electron chi connectivity index (χ3n) is 4.34. The molecule has 1 aliphatic heterocycles. The first kappa shape index (κ1) is 18.7. The van der Waals surface area contributed by atoms with Gasteiger partial charge in [0.15, 0.2) is 0 Å². The zero-order valence-corrected chi connectivity index (χ0v) is 14.9. The summed E-state index contributed by atoms with van der Waals surface area (Å²) in [6.07, 6.45) is -0.308. The summed E-state index contributed by atoms with van der Waals surface area (Å²) in [5.41, 5.74) is 0.882. The minimum absolute atomic E-state index is 0.0705. The molecule has 3 rings (SSSR count). The van der Waals surface area contributed by atoms with E-state index in [-0.39, 0.29) is 24.3 Å². The van der Waals surface area contributed by atoms with Crippen LogP contribution in [0.5, 0.6) is 0 Å². The van der Waals surface area contributed by atoms with Gasteiger partial charge in [-0.1, -0.05) is 41.9 Å². The molecule has 0 radical (unpaired) electrons. The van der Waals surface area contributed by atoms with Crippen molar-refractivity contribution in [3.05, 3.63) is 76.3 Å². The molecule has 0 bridgehead atoms. The average molecular weight is 386 g/mol. The van der Waals surface area contributed by atoms with Crippen LogP contribution in [0.2, 0.25) is 5.02 Å². The number of hydrogen-bond donors (Lipinski definition) is 2. The van der Waals surface area contributed by atoms with E-state index in [2.05, 4.69) is 0 Å². The second-order valence-electron chi connectivity index (χ2n) is 6.05. The van der Waals surface area contributed by atoms with Gasteiger partial charge in [-0.2, -0.15) is 0 Å². The highest BCUT2D eigenvalue weighted by molar-refractivity contribution is 6.46. The summed E-state index contributed by atoms with van der Waals surface area (Å²) in [5, 5.41) is 20.2. The molecule has 1 saturated heterocycles. The van der Waals surface area contributed by atoms with Gasteiger partial charge in [0.25, 0.3) is 11.7 Å². The van der Waals surface area contributed by atoms with Crippen LogP contribution in [0.15, 0.2) is 60.2 Å². The number of aliphatic hydroxyl groups excluding tert-OH is 1. The maximum absolute atomic E-state index is 12.6. The largest absolute Gasteiger partial charge is 0.507 e. The van der Waals surface area contributed by atoms with Gasteiger partial charge in [0, 0.05) is 17.1 Å². The first-order chi connectivity index (χ1) is 12.9. The zero-order chi connectivity index (χ0) is 19.6. The number of halogens is 1. The number of amides is 1. The van der Waals surface area contributed by atoms with E-state index in [0.29, 0.717) is 16.1 Å². The van der Waals surface area contributed by atoms with Crippen molar-refractivity contribution in [1.29, 1.82) is 0 Å². The molecule has 1 atom stereocenters. The summed E-state index contributed by atoms with van der Waals surface area (Å²) in [6, 6.07) is 14.1. The number of hydrogen-bond acceptors (Lipinski definition) is 4. The monoisotopic (exact) mass is 385 g/mol. The van der Waals surface area contributed by atoms with Crippen LogP contribution in [0.1, 0.15) is 23.6 Å². The molecule has 2 aromatic carbocycles. The van der Waals surface area contributed by atoms with E-state index in [1.165, 1.54) is 4.90 Å². The van der Waals surface area contributed by atoms with E-state index >= 15 is 0 Å². The number of rotatable bonds is 5. The molecule has 0 aromatic heterocycles. The molecule has 0 saturated carbocycles. The summed E-state index contributed by atoms with van der Waals surface area (Å²) < 4.78 is 0. The Morgan fingerprint density at radius 2 is 1.63 bits per heavy atom. The molecule has 1 aliphatic rings. The van der Waals surface area contributed by atoms with Crippen LogP contribution in [0.3, 0.4) is 0 Å². The number of nitrogens with zero attached hydrogens (tertiary/aromatic N) is 1. The molecular formula is C20H16ClNO5. The predicted octanol–water partition coefficient (Wildman–Crippen LogP) is 3.24. The first-order valence-electron chi connectivity index (χ1n) is 8.21. The van der Waals surface area contributed by atoms with Gasteiger partial charge in [-0.25, -0.2) is 0 Å². The highest BCUT2D eigenvalue weighted by Crippen LogP contribution is 2.39. The normalized spacial score (nSPS) is 18.7. The lowest BCUT2D eigenvalue weighted by molar-refractivity contribution is -0.142. The van der Waals surface area contributed by atoms with Crippen molar-refractivity contribution in [3.8, 4) is 0 Å². The number of likely N-dealkylation sites (tertiary alicyclic amines) is 1. The van der Waals surface area contributed by atoms with E-state index < -0.39 is 23.7 Å². The lowest BCUT2D eigenvalue weighted by Crippen LogP contribution is -2.31. The molecule has 6 nitrogen and oxygen atoms in total. The third kappa shape index (κ3) is 3.71. The molecule has 2 N–H and O–H groups in total. The molecule has 2 aromatic rings. The Kier molecular flexibility index (Phi) is 5.28. The van der Waals surface area contributed by atoms with Crippen molar-refractivity contribution in [2.24, 2.45) is 0 Å². The molecule has 1 fully saturated rings. The number of carboxylic acids is 1. The van der Waals surface area contributed by atoms with Gasteiger partial charge in [0.05, 0.1) is 18.0 Å². The van der Waals surface area contributed by atoms with Crippen molar-refractivity contribution in [2.45, 2.75) is 12.5 Å². The Labute approximate surface area is 160 Å². The van der Waals surface area contributed by atoms with Crippen LogP contribution < -0.4 is 0 Å². The number of benzene rings is 2. The van der Waals surface area contributed by atoms with Crippen LogP contribution in [-0.4, -0.2) is 39.3 Å². The van der Waals surface area contributed by atoms with E-state index in [4.69, 9.17) is 16.7 Å². The summed E-state index contributed by atoms with van der Waals surface area (Å²) in [6.45, 7) is -0.142. The van der Waals surface area contributed by atoms with Gasteiger partial charge in [-0.05, 0) is 29.8 Å². The lowest BCUT2D eigenvalue weighted by atomic mass is 9.95. The first-order valence-corrected chi connectivity index (χ1v) is 8.59. The molecular weight excluding hydrogens is 370 g/mol. The highest BCUT2D eigenvalue weighted by atomic mass is 35.5. The van der Waals surface area contributed by atoms with Crippen molar-refractivity contribution in [2.75, 3.05) is 6.54 Å². The summed E-state index contributed by atoms with van der Waals surface area (Å²) >= 11 is 5.86. The van der Waals surface area contributed by atoms with Gasteiger partial charge in [-0.3, -0.25) is 14.4 Å². The number of aliphatic carboxylic acids is 1. The fourth-order valence-corrected chi connectivity index (χ4v) is 3.20. The number of carboxylic acid groups (broad SMARTS) is 1. The Bertz CT molecular complexity index is 921. The number of Topliss-reactive ketones (excluding diaryl/α,β-unsaturated/α-hetero) is 1. The summed E-state index contributed by atoms with van der Waals surface area (Å²) in [4.78, 5) is 37.3. The van der Waals surface area contributed by atoms with Gasteiger partial charge < -0.3 is 15.1 Å². The van der Waals surface area contributed by atoms with E-state index in [0.717, 1.165) is 0 Å². The van der Waals surface area contributed by atoms with Crippen LogP contribution in [0, 0.1) is 0 Å². The van der Waals surface area contributed by atoms with Crippen molar-refractivity contribution in [3.63, 3.8) is 0 Å². The van der Waals surface area contributed by atoms with Crippen LogP contribution in [0.4, 0.5) is 0 Å². The predicted molar refractivity (Wildman–Crippen MR) is 99.2 cm³/mol. The van der Waals surface area contributed by atoms with Gasteiger partial charge in [-0.15, -0.1) is 0 Å². The fraction of sp³-hybridized carbons (Fsp3) is 0.150. The van der Waals surface area contributed by atoms with Gasteiger partial charge in [0.2, 0.25) is 0 Å². The number of ketones is 1. The molecule has 138 valence electrons. The van der Waals surface area contributed by atoms with Crippen molar-refractivity contribution >= 4 is 35.0 Å². The summed E-state index contributed by atoms with van der Waals surface area (Å²) in [5.74, 6) is -3.08. The molecule has 1 amide bonds. The van der Waals surface area contributed by atoms with Crippen LogP contribution >= 0.6 is 11.6 Å². The van der Waals surface area contributed by atoms with Crippen LogP contribution in [-0.2, 0) is 14.4 Å². The van der Waals surface area contributed by atoms with Crippen LogP contribution in [0.25, 0.3) is 5.76 Å². The Morgan fingerprint density at radius 3 is 2.22 bits per heavy atom. The van der Waals surface area contributed by atoms with Crippen molar-refractivity contribution in [1.82, 2.24) is 4.90 Å². The fourth-order valence-electron chi connectivity index (χ4n) is 3.07. The second-order valence-corrected chi connectivity index (χ2v) is 6.49. The standard InChI is InChI=1S/C20H16ClNO5/c21-14-8-6-13(7-9-14)18(25)16-17(12-4-2-1-3-5-12)22(11-10-15(23)24)20(27)19(16)26/h1-9,17,25H,10-11H2,(H,23,24)/b18-16+/t17-/m1/s1. The average Bonchev–Trinajstić information content (AvgIpc) is 2.91. The van der Waals surface area contributed by atoms with E-state index in [1.54, 1.807) is 54.6 Å². The minimum Gasteiger partial charge on any atom is -0.507 e. The second kappa shape index (κ2) is 7.63. The molecule has 0 spiro atoms. The quantitative estimate of drug-likeness (QED) is 0.468. The zero-order valence-electron chi connectivity index (χ0n) is 14.1. The summed E-state index contributed by atoms with van der Waals surface area (Å²) in [7, 11) is 0. The number of carbonyl (C=O) groups is 3.